The van der Waals surface area contributed by atoms with Crippen LogP contribution in [0, 0.1) is 5.92 Å². The van der Waals surface area contributed by atoms with E-state index < -0.39 is 24.4 Å². The van der Waals surface area contributed by atoms with E-state index in [1.807, 2.05) is 6.92 Å². The average molecular weight is 220 g/mol. The van der Waals surface area contributed by atoms with Gasteiger partial charge in [0.15, 0.2) is 0 Å². The third-order valence-corrected chi connectivity index (χ3v) is 2.98. The molecule has 0 aromatic heterocycles. The van der Waals surface area contributed by atoms with Gasteiger partial charge in [0.05, 0.1) is 25.4 Å². The first-order valence-corrected chi connectivity index (χ1v) is 5.27. The molecule has 1 fully saturated rings. The summed E-state index contributed by atoms with van der Waals surface area (Å²) in [5.41, 5.74) is 0. The highest BCUT2D eigenvalue weighted by Crippen LogP contribution is 2.28. The Morgan fingerprint density at radius 2 is 1.87 bits per heavy atom. The van der Waals surface area contributed by atoms with E-state index in [2.05, 4.69) is 0 Å². The fourth-order valence-electron chi connectivity index (χ4n) is 2.08. The predicted octanol–water partition coefficient (Wildman–Crippen LogP) is -0.860. The van der Waals surface area contributed by atoms with Crippen LogP contribution >= 0.6 is 0 Å². The van der Waals surface area contributed by atoms with Crippen molar-refractivity contribution in [3.05, 3.63) is 0 Å². The predicted molar refractivity (Wildman–Crippen MR) is 53.4 cm³/mol. The van der Waals surface area contributed by atoms with E-state index in [1.165, 1.54) is 7.11 Å². The summed E-state index contributed by atoms with van der Waals surface area (Å²) in [6, 6.07) is 0. The van der Waals surface area contributed by atoms with Crippen LogP contribution in [0.3, 0.4) is 0 Å². The van der Waals surface area contributed by atoms with Crippen molar-refractivity contribution >= 4 is 0 Å². The summed E-state index contributed by atoms with van der Waals surface area (Å²) in [7, 11) is 1.50. The molecule has 0 aromatic rings. The van der Waals surface area contributed by atoms with Gasteiger partial charge in [0, 0.05) is 13.0 Å². The number of methoxy groups -OCH3 is 1. The van der Waals surface area contributed by atoms with Gasteiger partial charge in [0.2, 0.25) is 0 Å². The van der Waals surface area contributed by atoms with Gasteiger partial charge in [-0.15, -0.1) is 0 Å². The van der Waals surface area contributed by atoms with E-state index in [9.17, 15) is 10.2 Å². The Balaban J connectivity index is 2.68. The van der Waals surface area contributed by atoms with Crippen LogP contribution in [0.25, 0.3) is 0 Å². The highest BCUT2D eigenvalue weighted by atomic mass is 16.6. The Hall–Kier alpha value is -0.200. The average Bonchev–Trinajstić information content (AvgIpc) is 2.24. The van der Waals surface area contributed by atoms with Crippen molar-refractivity contribution in [2.45, 2.75) is 37.8 Å². The highest BCUT2D eigenvalue weighted by Gasteiger charge is 2.42. The summed E-state index contributed by atoms with van der Waals surface area (Å²) < 4.78 is 10.4. The number of ether oxygens (including phenoxy) is 2. The fourth-order valence-corrected chi connectivity index (χ4v) is 2.08. The van der Waals surface area contributed by atoms with Crippen molar-refractivity contribution in [2.75, 3.05) is 20.3 Å². The first-order valence-electron chi connectivity index (χ1n) is 5.27. The highest BCUT2D eigenvalue weighted by molar-refractivity contribution is 4.91. The standard InChI is InChI=1S/C10H20O5/c1-3-6-7(4-11)15-8(5-14-2)10(13)9(6)12/h6-13H,3-5H2,1-2H3/t6-,7-,8?,9-,10?/m0/s1. The Kier molecular flexibility index (Phi) is 4.95. The van der Waals surface area contributed by atoms with Crippen LogP contribution in [0.2, 0.25) is 0 Å². The van der Waals surface area contributed by atoms with Crippen molar-refractivity contribution < 1.29 is 24.8 Å². The molecular formula is C10H20O5. The lowest BCUT2D eigenvalue weighted by Gasteiger charge is -2.42. The van der Waals surface area contributed by atoms with Crippen LogP contribution in [-0.2, 0) is 9.47 Å². The van der Waals surface area contributed by atoms with Crippen LogP contribution in [0.4, 0.5) is 0 Å². The second kappa shape index (κ2) is 5.77. The Labute approximate surface area is 89.6 Å². The third kappa shape index (κ3) is 2.68. The largest absolute Gasteiger partial charge is 0.394 e. The Morgan fingerprint density at radius 1 is 1.20 bits per heavy atom. The van der Waals surface area contributed by atoms with Crippen LogP contribution in [0.5, 0.6) is 0 Å². The molecule has 3 N–H and O–H groups in total. The molecule has 5 heteroatoms. The van der Waals surface area contributed by atoms with Crippen LogP contribution in [-0.4, -0.2) is 60.1 Å². The third-order valence-electron chi connectivity index (χ3n) is 2.98. The van der Waals surface area contributed by atoms with Gasteiger partial charge in [0.25, 0.3) is 0 Å². The molecule has 0 aliphatic carbocycles. The van der Waals surface area contributed by atoms with E-state index in [0.717, 1.165) is 0 Å². The fraction of sp³-hybridized carbons (Fsp3) is 1.00. The zero-order valence-electron chi connectivity index (χ0n) is 9.17. The molecule has 90 valence electrons. The first-order chi connectivity index (χ1) is 7.15. The number of hydrogen-bond donors (Lipinski definition) is 3. The van der Waals surface area contributed by atoms with E-state index >= 15 is 0 Å². The molecule has 1 aliphatic heterocycles. The molecule has 15 heavy (non-hydrogen) atoms. The quantitative estimate of drug-likeness (QED) is 0.574. The van der Waals surface area contributed by atoms with Gasteiger partial charge >= 0.3 is 0 Å². The van der Waals surface area contributed by atoms with Gasteiger partial charge in [-0.1, -0.05) is 6.92 Å². The summed E-state index contributed by atoms with van der Waals surface area (Å²) in [5, 5.41) is 28.7. The smallest absolute Gasteiger partial charge is 0.110 e. The molecule has 0 radical (unpaired) electrons. The van der Waals surface area contributed by atoms with Crippen molar-refractivity contribution in [1.29, 1.82) is 0 Å². The van der Waals surface area contributed by atoms with Gasteiger partial charge in [-0.05, 0) is 6.42 Å². The minimum atomic E-state index is -0.947. The van der Waals surface area contributed by atoms with E-state index in [1.54, 1.807) is 0 Å². The second-order valence-corrected chi connectivity index (χ2v) is 3.90. The van der Waals surface area contributed by atoms with Crippen molar-refractivity contribution in [3.8, 4) is 0 Å². The number of rotatable bonds is 4. The van der Waals surface area contributed by atoms with Gasteiger partial charge in [-0.3, -0.25) is 0 Å². The molecule has 0 saturated carbocycles. The summed E-state index contributed by atoms with van der Waals surface area (Å²) in [6.07, 6.45) is -2.14. The van der Waals surface area contributed by atoms with E-state index in [-0.39, 0.29) is 19.1 Å². The summed E-state index contributed by atoms with van der Waals surface area (Å²) in [5.74, 6) is -0.224. The maximum absolute atomic E-state index is 9.84. The lowest BCUT2D eigenvalue weighted by atomic mass is 9.85. The molecular weight excluding hydrogens is 200 g/mol. The lowest BCUT2D eigenvalue weighted by Crippen LogP contribution is -2.56. The molecule has 5 nitrogen and oxygen atoms in total. The van der Waals surface area contributed by atoms with E-state index in [0.29, 0.717) is 6.42 Å². The van der Waals surface area contributed by atoms with E-state index in [4.69, 9.17) is 14.6 Å². The number of aliphatic hydroxyl groups is 3. The van der Waals surface area contributed by atoms with Gasteiger partial charge in [-0.25, -0.2) is 0 Å². The van der Waals surface area contributed by atoms with Crippen molar-refractivity contribution in [2.24, 2.45) is 5.92 Å². The van der Waals surface area contributed by atoms with Gasteiger partial charge < -0.3 is 24.8 Å². The zero-order valence-corrected chi connectivity index (χ0v) is 9.17. The summed E-state index contributed by atoms with van der Waals surface area (Å²) in [6.45, 7) is 1.96. The summed E-state index contributed by atoms with van der Waals surface area (Å²) in [4.78, 5) is 0. The zero-order chi connectivity index (χ0) is 11.4. The minimum absolute atomic E-state index is 0.150. The SMILES string of the molecule is CC[C@H]1[C@H](CO)OC(COC)C(O)[C@H]1O. The molecule has 0 bridgehead atoms. The minimum Gasteiger partial charge on any atom is -0.394 e. The van der Waals surface area contributed by atoms with Crippen LogP contribution in [0.15, 0.2) is 0 Å². The normalized spacial score (nSPS) is 41.8. The molecule has 1 aliphatic rings. The van der Waals surface area contributed by atoms with Gasteiger partial charge in [-0.2, -0.15) is 0 Å². The molecule has 1 heterocycles. The molecule has 0 aromatic carbocycles. The Morgan fingerprint density at radius 3 is 2.33 bits per heavy atom. The molecule has 0 amide bonds. The lowest BCUT2D eigenvalue weighted by molar-refractivity contribution is -0.218. The first kappa shape index (κ1) is 12.9. The Bertz CT molecular complexity index is 183. The maximum atomic E-state index is 9.84. The summed E-state index contributed by atoms with van der Waals surface area (Å²) >= 11 is 0. The molecule has 1 saturated heterocycles. The van der Waals surface area contributed by atoms with Crippen LogP contribution < -0.4 is 0 Å². The topological polar surface area (TPSA) is 79.2 Å². The second-order valence-electron chi connectivity index (χ2n) is 3.90. The van der Waals surface area contributed by atoms with Gasteiger partial charge in [0.1, 0.15) is 12.2 Å². The molecule has 1 rings (SSSR count). The molecule has 2 unspecified atom stereocenters. The van der Waals surface area contributed by atoms with Crippen molar-refractivity contribution in [3.63, 3.8) is 0 Å². The number of hydrogen-bond acceptors (Lipinski definition) is 5. The van der Waals surface area contributed by atoms with Crippen molar-refractivity contribution in [1.82, 2.24) is 0 Å². The monoisotopic (exact) mass is 220 g/mol. The number of aliphatic hydroxyl groups excluding tert-OH is 3. The maximum Gasteiger partial charge on any atom is 0.110 e. The molecule has 5 atom stereocenters. The molecule has 0 spiro atoms. The van der Waals surface area contributed by atoms with Crippen LogP contribution in [0.1, 0.15) is 13.3 Å².